The van der Waals surface area contributed by atoms with E-state index in [0.717, 1.165) is 11.3 Å². The summed E-state index contributed by atoms with van der Waals surface area (Å²) in [5, 5.41) is 8.68. The number of ether oxygens (including phenoxy) is 3. The molecule has 1 heterocycles. The van der Waals surface area contributed by atoms with Crippen LogP contribution in [0.2, 0.25) is 0 Å². The highest BCUT2D eigenvalue weighted by molar-refractivity contribution is 5.36. The Hall–Kier alpha value is -2.74. The largest absolute Gasteiger partial charge is 0.497 e. The highest BCUT2D eigenvalue weighted by Gasteiger charge is 2.08. The van der Waals surface area contributed by atoms with Crippen molar-refractivity contribution in [3.8, 4) is 23.4 Å². The second-order valence-electron chi connectivity index (χ2n) is 4.28. The van der Waals surface area contributed by atoms with E-state index in [2.05, 4.69) is 11.1 Å². The van der Waals surface area contributed by atoms with E-state index in [1.165, 1.54) is 7.11 Å². The molecule has 0 unspecified atom stereocenters. The van der Waals surface area contributed by atoms with Gasteiger partial charge in [-0.15, -0.1) is 0 Å². The van der Waals surface area contributed by atoms with Gasteiger partial charge < -0.3 is 14.2 Å². The molecule has 108 valence electrons. The van der Waals surface area contributed by atoms with E-state index in [0.29, 0.717) is 23.9 Å². The molecule has 21 heavy (non-hydrogen) atoms. The van der Waals surface area contributed by atoms with Crippen molar-refractivity contribution in [3.05, 3.63) is 47.7 Å². The zero-order valence-corrected chi connectivity index (χ0v) is 12.0. The zero-order chi connectivity index (χ0) is 15.1. The van der Waals surface area contributed by atoms with Crippen LogP contribution in [0, 0.1) is 11.3 Å². The second-order valence-corrected chi connectivity index (χ2v) is 4.28. The van der Waals surface area contributed by atoms with Gasteiger partial charge in [0.05, 0.1) is 32.4 Å². The Bertz CT molecular complexity index is 633. The minimum atomic E-state index is 0.245. The van der Waals surface area contributed by atoms with E-state index in [9.17, 15) is 0 Å². The van der Waals surface area contributed by atoms with Gasteiger partial charge >= 0.3 is 0 Å². The van der Waals surface area contributed by atoms with Gasteiger partial charge in [0.25, 0.3) is 5.88 Å². The van der Waals surface area contributed by atoms with Crippen LogP contribution in [0.1, 0.15) is 11.3 Å². The van der Waals surface area contributed by atoms with Gasteiger partial charge in [-0.25, -0.2) is 4.98 Å². The molecule has 0 atom stereocenters. The van der Waals surface area contributed by atoms with Gasteiger partial charge in [0.1, 0.15) is 12.4 Å². The van der Waals surface area contributed by atoms with Crippen molar-refractivity contribution < 1.29 is 14.2 Å². The Balaban J connectivity index is 2.06. The molecular weight excluding hydrogens is 268 g/mol. The molecule has 0 amide bonds. The normalized spacial score (nSPS) is 9.76. The van der Waals surface area contributed by atoms with Crippen LogP contribution in [0.25, 0.3) is 0 Å². The summed E-state index contributed by atoms with van der Waals surface area (Å²) in [7, 11) is 3.16. The third kappa shape index (κ3) is 3.86. The zero-order valence-electron chi connectivity index (χ0n) is 12.0. The first kappa shape index (κ1) is 14.7. The number of methoxy groups -OCH3 is 2. The number of nitriles is 1. The van der Waals surface area contributed by atoms with Crippen molar-refractivity contribution in [2.45, 2.75) is 13.0 Å². The minimum Gasteiger partial charge on any atom is -0.497 e. The molecule has 0 aliphatic heterocycles. The van der Waals surface area contributed by atoms with Crippen LogP contribution in [0.5, 0.6) is 17.4 Å². The van der Waals surface area contributed by atoms with Crippen molar-refractivity contribution in [1.29, 1.82) is 5.26 Å². The SMILES string of the molecule is COc1ccc(COc2ccc(CC#N)nc2OC)cc1. The monoisotopic (exact) mass is 284 g/mol. The summed E-state index contributed by atoms with van der Waals surface area (Å²) in [6.45, 7) is 0.402. The molecule has 5 heteroatoms. The van der Waals surface area contributed by atoms with Crippen LogP contribution >= 0.6 is 0 Å². The van der Waals surface area contributed by atoms with Gasteiger partial charge in [-0.05, 0) is 29.8 Å². The average Bonchev–Trinajstić information content (AvgIpc) is 2.54. The molecule has 0 N–H and O–H groups in total. The fourth-order valence-corrected chi connectivity index (χ4v) is 1.78. The lowest BCUT2D eigenvalue weighted by Crippen LogP contribution is -2.00. The van der Waals surface area contributed by atoms with Gasteiger partial charge in [-0.3, -0.25) is 0 Å². The third-order valence-electron chi connectivity index (χ3n) is 2.89. The summed E-state index contributed by atoms with van der Waals surface area (Å²) < 4.78 is 16.0. The van der Waals surface area contributed by atoms with Crippen LogP contribution in [0.4, 0.5) is 0 Å². The predicted octanol–water partition coefficient (Wildman–Crippen LogP) is 2.74. The molecule has 2 rings (SSSR count). The second kappa shape index (κ2) is 7.15. The van der Waals surface area contributed by atoms with Crippen molar-refractivity contribution in [3.63, 3.8) is 0 Å². The topological polar surface area (TPSA) is 64.4 Å². The maximum atomic E-state index is 8.68. The lowest BCUT2D eigenvalue weighted by Gasteiger charge is -2.11. The van der Waals surface area contributed by atoms with Crippen LogP contribution in [-0.2, 0) is 13.0 Å². The highest BCUT2D eigenvalue weighted by atomic mass is 16.5. The van der Waals surface area contributed by atoms with Gasteiger partial charge in [0, 0.05) is 0 Å². The number of pyridine rings is 1. The third-order valence-corrected chi connectivity index (χ3v) is 2.89. The average molecular weight is 284 g/mol. The summed E-state index contributed by atoms with van der Waals surface area (Å²) >= 11 is 0. The molecule has 1 aromatic heterocycles. The fraction of sp³-hybridized carbons (Fsp3) is 0.250. The van der Waals surface area contributed by atoms with E-state index in [1.807, 2.05) is 24.3 Å². The summed E-state index contributed by atoms with van der Waals surface area (Å²) in [6, 6.07) is 13.2. The van der Waals surface area contributed by atoms with Gasteiger partial charge in [0.2, 0.25) is 0 Å². The fourth-order valence-electron chi connectivity index (χ4n) is 1.78. The first-order chi connectivity index (χ1) is 10.3. The molecule has 1 aromatic carbocycles. The Kier molecular flexibility index (Phi) is 4.99. The number of hydrogen-bond acceptors (Lipinski definition) is 5. The van der Waals surface area contributed by atoms with E-state index in [4.69, 9.17) is 19.5 Å². The number of hydrogen-bond donors (Lipinski definition) is 0. The van der Waals surface area contributed by atoms with Crippen molar-refractivity contribution in [1.82, 2.24) is 4.98 Å². The molecule has 0 saturated heterocycles. The van der Waals surface area contributed by atoms with Crippen LogP contribution in [0.15, 0.2) is 36.4 Å². The maximum absolute atomic E-state index is 8.68. The van der Waals surface area contributed by atoms with Crippen LogP contribution < -0.4 is 14.2 Å². The maximum Gasteiger partial charge on any atom is 0.257 e. The van der Waals surface area contributed by atoms with Gasteiger partial charge in [-0.1, -0.05) is 12.1 Å². The van der Waals surface area contributed by atoms with E-state index in [1.54, 1.807) is 19.2 Å². The highest BCUT2D eigenvalue weighted by Crippen LogP contribution is 2.26. The number of rotatable bonds is 6. The van der Waals surface area contributed by atoms with Crippen molar-refractivity contribution in [2.24, 2.45) is 0 Å². The lowest BCUT2D eigenvalue weighted by atomic mass is 10.2. The van der Waals surface area contributed by atoms with Crippen LogP contribution in [-0.4, -0.2) is 19.2 Å². The Morgan fingerprint density at radius 3 is 2.43 bits per heavy atom. The van der Waals surface area contributed by atoms with E-state index < -0.39 is 0 Å². The Labute approximate surface area is 123 Å². The first-order valence-corrected chi connectivity index (χ1v) is 6.43. The molecule has 2 aromatic rings. The lowest BCUT2D eigenvalue weighted by molar-refractivity contribution is 0.278. The van der Waals surface area contributed by atoms with Crippen molar-refractivity contribution >= 4 is 0 Å². The van der Waals surface area contributed by atoms with E-state index in [-0.39, 0.29) is 6.42 Å². The first-order valence-electron chi connectivity index (χ1n) is 6.43. The number of nitrogens with zero attached hydrogens (tertiary/aromatic N) is 2. The molecule has 0 bridgehead atoms. The molecule has 0 spiro atoms. The number of benzene rings is 1. The number of aromatic nitrogens is 1. The molecule has 0 radical (unpaired) electrons. The summed E-state index contributed by atoms with van der Waals surface area (Å²) in [6.07, 6.45) is 0.245. The van der Waals surface area contributed by atoms with Crippen molar-refractivity contribution in [2.75, 3.05) is 14.2 Å². The predicted molar refractivity (Wildman–Crippen MR) is 77.4 cm³/mol. The standard InChI is InChI=1S/C16H16N2O3/c1-19-14-6-3-12(4-7-14)11-21-15-8-5-13(9-10-17)18-16(15)20-2/h3-8H,9,11H2,1-2H3. The molecule has 0 aliphatic rings. The Morgan fingerprint density at radius 2 is 1.81 bits per heavy atom. The summed E-state index contributed by atoms with van der Waals surface area (Å²) in [5.74, 6) is 1.74. The summed E-state index contributed by atoms with van der Waals surface area (Å²) in [5.41, 5.74) is 1.67. The molecule has 5 nitrogen and oxygen atoms in total. The van der Waals surface area contributed by atoms with Gasteiger partial charge in [0.15, 0.2) is 5.75 Å². The summed E-state index contributed by atoms with van der Waals surface area (Å²) in [4.78, 5) is 4.23. The van der Waals surface area contributed by atoms with Gasteiger partial charge in [-0.2, -0.15) is 5.26 Å². The van der Waals surface area contributed by atoms with E-state index >= 15 is 0 Å². The molecule has 0 fully saturated rings. The molecule has 0 aliphatic carbocycles. The minimum absolute atomic E-state index is 0.245. The molecular formula is C16H16N2O3. The quantitative estimate of drug-likeness (QED) is 0.816. The van der Waals surface area contributed by atoms with Crippen LogP contribution in [0.3, 0.4) is 0 Å². The Morgan fingerprint density at radius 1 is 1.05 bits per heavy atom. The smallest absolute Gasteiger partial charge is 0.257 e. The molecule has 0 saturated carbocycles.